The molecule has 0 fully saturated rings. The molecule has 1 aromatic rings. The third-order valence-corrected chi connectivity index (χ3v) is 4.45. The van der Waals surface area contributed by atoms with Gasteiger partial charge < -0.3 is 0 Å². The number of hydrogen-bond donors (Lipinski definition) is 1. The molecule has 0 saturated carbocycles. The Morgan fingerprint density at radius 2 is 1.81 bits per heavy atom. The summed E-state index contributed by atoms with van der Waals surface area (Å²) in [6.07, 6.45) is 1.79. The van der Waals surface area contributed by atoms with E-state index in [9.17, 15) is 5.26 Å². The molecule has 1 unspecified atom stereocenters. The second kappa shape index (κ2) is 7.77. The van der Waals surface area contributed by atoms with E-state index in [1.807, 2.05) is 20.8 Å². The van der Waals surface area contributed by atoms with Gasteiger partial charge in [-0.05, 0) is 59.9 Å². The maximum atomic E-state index is 9.31. The van der Waals surface area contributed by atoms with Crippen molar-refractivity contribution in [1.82, 2.24) is 15.3 Å². The van der Waals surface area contributed by atoms with Gasteiger partial charge in [-0.2, -0.15) is 5.26 Å². The summed E-state index contributed by atoms with van der Waals surface area (Å²) in [7, 11) is 0. The highest BCUT2D eigenvalue weighted by Crippen LogP contribution is 2.20. The summed E-state index contributed by atoms with van der Waals surface area (Å²) < 4.78 is 0. The van der Waals surface area contributed by atoms with Crippen LogP contribution in [-0.2, 0) is 0 Å². The molecule has 1 N–H and O–H groups in total. The lowest BCUT2D eigenvalue weighted by Gasteiger charge is -2.25. The molecule has 21 heavy (non-hydrogen) atoms. The van der Waals surface area contributed by atoms with Crippen molar-refractivity contribution in [3.8, 4) is 6.07 Å². The van der Waals surface area contributed by atoms with Crippen LogP contribution in [-0.4, -0.2) is 27.3 Å². The Bertz CT molecular complexity index is 498. The van der Waals surface area contributed by atoms with Gasteiger partial charge in [-0.3, -0.25) is 5.32 Å². The van der Waals surface area contributed by atoms with Crippen LogP contribution in [0, 0.1) is 32.1 Å². The lowest BCUT2D eigenvalue weighted by molar-refractivity contribution is 0.380. The first-order valence-electron chi connectivity index (χ1n) is 7.41. The first-order valence-corrected chi connectivity index (χ1v) is 8.39. The first kappa shape index (κ1) is 17.9. The fraction of sp³-hybridized carbons (Fsp3) is 0.688. The van der Waals surface area contributed by atoms with Gasteiger partial charge in [0.05, 0.1) is 6.07 Å². The monoisotopic (exact) mass is 306 g/mol. The number of nitrogens with zero attached hydrogens (tertiary/aromatic N) is 3. The zero-order valence-corrected chi connectivity index (χ0v) is 14.8. The molecular formula is C16H26N4S. The third-order valence-electron chi connectivity index (χ3n) is 3.52. The summed E-state index contributed by atoms with van der Waals surface area (Å²) in [6.45, 7) is 12.2. The summed E-state index contributed by atoms with van der Waals surface area (Å²) in [5.74, 6) is 0.930. The predicted octanol–water partition coefficient (Wildman–Crippen LogP) is 3.55. The van der Waals surface area contributed by atoms with E-state index < -0.39 is 5.54 Å². The van der Waals surface area contributed by atoms with Crippen LogP contribution in [0.3, 0.4) is 0 Å². The largest absolute Gasteiger partial charge is 0.297 e. The van der Waals surface area contributed by atoms with E-state index in [-0.39, 0.29) is 0 Å². The fourth-order valence-corrected chi connectivity index (χ4v) is 3.07. The Morgan fingerprint density at radius 3 is 2.29 bits per heavy atom. The molecule has 1 rings (SSSR count). The van der Waals surface area contributed by atoms with Crippen LogP contribution in [0.15, 0.2) is 5.16 Å². The smallest absolute Gasteiger partial charge is 0.187 e. The molecule has 0 aliphatic carbocycles. The van der Waals surface area contributed by atoms with E-state index in [1.54, 1.807) is 11.8 Å². The normalized spacial score (nSPS) is 14.0. The Hall–Kier alpha value is -1.12. The van der Waals surface area contributed by atoms with Gasteiger partial charge in [0.15, 0.2) is 5.16 Å². The zero-order valence-electron chi connectivity index (χ0n) is 13.9. The Morgan fingerprint density at radius 1 is 1.24 bits per heavy atom. The average Bonchev–Trinajstić information content (AvgIpc) is 2.40. The number of nitriles is 1. The van der Waals surface area contributed by atoms with E-state index in [0.717, 1.165) is 40.7 Å². The molecule has 0 aliphatic heterocycles. The Labute approximate surface area is 132 Å². The van der Waals surface area contributed by atoms with Crippen LogP contribution in [0.1, 0.15) is 50.6 Å². The highest BCUT2D eigenvalue weighted by molar-refractivity contribution is 7.99. The highest BCUT2D eigenvalue weighted by Gasteiger charge is 2.23. The Kier molecular flexibility index (Phi) is 6.63. The minimum atomic E-state index is -0.450. The molecule has 0 amide bonds. The fourth-order valence-electron chi connectivity index (χ4n) is 2.19. The van der Waals surface area contributed by atoms with Crippen molar-refractivity contribution in [2.45, 2.75) is 71.1 Å². The van der Waals surface area contributed by atoms with Crippen molar-refractivity contribution < 1.29 is 0 Å². The van der Waals surface area contributed by atoms with Crippen LogP contribution in [0.4, 0.5) is 0 Å². The van der Waals surface area contributed by atoms with Crippen molar-refractivity contribution in [3.63, 3.8) is 0 Å². The molecule has 4 nitrogen and oxygen atoms in total. The van der Waals surface area contributed by atoms with E-state index in [1.165, 1.54) is 0 Å². The van der Waals surface area contributed by atoms with E-state index in [0.29, 0.717) is 6.04 Å². The van der Waals surface area contributed by atoms with Crippen molar-refractivity contribution in [2.75, 3.05) is 5.75 Å². The maximum Gasteiger partial charge on any atom is 0.187 e. The molecule has 0 radical (unpaired) electrons. The molecule has 1 heterocycles. The second-order valence-electron chi connectivity index (χ2n) is 6.00. The standard InChI is InChI=1S/C16H26N4S/c1-11(2)20-16(6,10-17)8-7-9-21-15-18-13(4)12(3)14(5)19-15/h11,20H,7-9H2,1-6H3. The van der Waals surface area contributed by atoms with Gasteiger partial charge in [-0.15, -0.1) is 0 Å². The van der Waals surface area contributed by atoms with Crippen LogP contribution in [0.25, 0.3) is 0 Å². The van der Waals surface area contributed by atoms with Gasteiger partial charge in [-0.25, -0.2) is 9.97 Å². The van der Waals surface area contributed by atoms with Crippen LogP contribution < -0.4 is 5.32 Å². The van der Waals surface area contributed by atoms with Crippen molar-refractivity contribution in [3.05, 3.63) is 17.0 Å². The van der Waals surface area contributed by atoms with E-state index >= 15 is 0 Å². The molecule has 116 valence electrons. The van der Waals surface area contributed by atoms with E-state index in [4.69, 9.17) is 0 Å². The number of thioether (sulfide) groups is 1. The first-order chi connectivity index (χ1) is 9.77. The molecule has 0 aromatic carbocycles. The molecule has 1 aromatic heterocycles. The average molecular weight is 306 g/mol. The van der Waals surface area contributed by atoms with Gasteiger partial charge in [0.2, 0.25) is 0 Å². The number of rotatable bonds is 7. The second-order valence-corrected chi connectivity index (χ2v) is 7.06. The van der Waals surface area contributed by atoms with Gasteiger partial charge in [0.25, 0.3) is 0 Å². The van der Waals surface area contributed by atoms with Crippen LogP contribution in [0.5, 0.6) is 0 Å². The zero-order chi connectivity index (χ0) is 16.0. The summed E-state index contributed by atoms with van der Waals surface area (Å²) >= 11 is 1.67. The molecule has 1 atom stereocenters. The lowest BCUT2D eigenvalue weighted by atomic mass is 9.97. The number of aromatic nitrogens is 2. The third kappa shape index (κ3) is 5.64. The molecule has 0 spiro atoms. The number of aryl methyl sites for hydroxylation is 2. The molecular weight excluding hydrogens is 280 g/mol. The predicted molar refractivity (Wildman–Crippen MR) is 88.5 cm³/mol. The quantitative estimate of drug-likeness (QED) is 0.474. The van der Waals surface area contributed by atoms with Gasteiger partial charge in [0, 0.05) is 23.2 Å². The molecule has 0 aliphatic rings. The van der Waals surface area contributed by atoms with Gasteiger partial charge >= 0.3 is 0 Å². The molecule has 0 bridgehead atoms. The van der Waals surface area contributed by atoms with Crippen molar-refractivity contribution in [2.24, 2.45) is 0 Å². The summed E-state index contributed by atoms with van der Waals surface area (Å²) in [6, 6.07) is 2.70. The molecule has 0 saturated heterocycles. The maximum absolute atomic E-state index is 9.31. The summed E-state index contributed by atoms with van der Waals surface area (Å²) in [5, 5.41) is 13.5. The van der Waals surface area contributed by atoms with Crippen LogP contribution >= 0.6 is 11.8 Å². The van der Waals surface area contributed by atoms with Crippen molar-refractivity contribution in [1.29, 1.82) is 5.26 Å². The number of nitrogens with one attached hydrogen (secondary N) is 1. The van der Waals surface area contributed by atoms with Gasteiger partial charge in [-0.1, -0.05) is 11.8 Å². The van der Waals surface area contributed by atoms with Crippen molar-refractivity contribution >= 4 is 11.8 Å². The van der Waals surface area contributed by atoms with Gasteiger partial charge in [0.1, 0.15) is 5.54 Å². The Balaban J connectivity index is 2.49. The minimum Gasteiger partial charge on any atom is -0.297 e. The molecule has 5 heteroatoms. The SMILES string of the molecule is Cc1nc(SCCCC(C)(C#N)NC(C)C)nc(C)c1C. The highest BCUT2D eigenvalue weighted by atomic mass is 32.2. The summed E-state index contributed by atoms with van der Waals surface area (Å²) in [5.41, 5.74) is 2.81. The topological polar surface area (TPSA) is 61.6 Å². The minimum absolute atomic E-state index is 0.313. The lowest BCUT2D eigenvalue weighted by Crippen LogP contribution is -2.44. The number of hydrogen-bond acceptors (Lipinski definition) is 5. The van der Waals surface area contributed by atoms with E-state index in [2.05, 4.69) is 42.1 Å². The summed E-state index contributed by atoms with van der Waals surface area (Å²) in [4.78, 5) is 9.01. The van der Waals surface area contributed by atoms with Crippen LogP contribution in [0.2, 0.25) is 0 Å².